The van der Waals surface area contributed by atoms with Gasteiger partial charge in [-0.15, -0.1) is 10.2 Å². The van der Waals surface area contributed by atoms with Crippen molar-refractivity contribution in [3.63, 3.8) is 0 Å². The molecule has 0 radical (unpaired) electrons. The highest BCUT2D eigenvalue weighted by Gasteiger charge is 2.34. The molecule has 1 aliphatic heterocycles. The molecule has 0 N–H and O–H groups in total. The molecule has 2 atom stereocenters. The van der Waals surface area contributed by atoms with Gasteiger partial charge in [-0.3, -0.25) is 4.57 Å². The molecule has 18 heavy (non-hydrogen) atoms. The lowest BCUT2D eigenvalue weighted by atomic mass is 10.0. The molecular formula is C10H16ClN3O3S. The lowest BCUT2D eigenvalue weighted by Gasteiger charge is -2.18. The van der Waals surface area contributed by atoms with Crippen LogP contribution in [-0.2, 0) is 13.8 Å². The topological polar surface area (TPSA) is 74.1 Å². The third kappa shape index (κ3) is 2.39. The number of aromatic nitrogens is 3. The van der Waals surface area contributed by atoms with E-state index in [1.807, 2.05) is 20.8 Å². The molecule has 102 valence electrons. The minimum atomic E-state index is -3.88. The molecule has 8 heteroatoms. The van der Waals surface area contributed by atoms with Crippen molar-refractivity contribution in [1.29, 1.82) is 0 Å². The molecule has 2 rings (SSSR count). The SMILES string of the molecule is CC1OCCC1c1nnc(S(=O)(=O)Cl)n1C(C)C. The lowest BCUT2D eigenvalue weighted by molar-refractivity contribution is 0.116. The number of hydrogen-bond acceptors (Lipinski definition) is 5. The summed E-state index contributed by atoms with van der Waals surface area (Å²) < 4.78 is 30.0. The van der Waals surface area contributed by atoms with Crippen molar-refractivity contribution in [3.8, 4) is 0 Å². The van der Waals surface area contributed by atoms with Gasteiger partial charge >= 0.3 is 0 Å². The number of ether oxygens (including phenoxy) is 1. The van der Waals surface area contributed by atoms with Gasteiger partial charge in [-0.25, -0.2) is 8.42 Å². The zero-order valence-electron chi connectivity index (χ0n) is 10.5. The molecule has 1 fully saturated rings. The van der Waals surface area contributed by atoms with Crippen molar-refractivity contribution >= 4 is 19.7 Å². The first-order chi connectivity index (χ1) is 8.32. The van der Waals surface area contributed by atoms with Gasteiger partial charge < -0.3 is 4.74 Å². The Balaban J connectivity index is 2.52. The van der Waals surface area contributed by atoms with Crippen LogP contribution in [0.2, 0.25) is 0 Å². The van der Waals surface area contributed by atoms with Crippen LogP contribution in [0.5, 0.6) is 0 Å². The fourth-order valence-electron chi connectivity index (χ4n) is 2.26. The van der Waals surface area contributed by atoms with Crippen LogP contribution in [0.25, 0.3) is 0 Å². The average Bonchev–Trinajstić information content (AvgIpc) is 2.80. The monoisotopic (exact) mass is 293 g/mol. The molecule has 6 nitrogen and oxygen atoms in total. The fraction of sp³-hybridized carbons (Fsp3) is 0.800. The van der Waals surface area contributed by atoms with E-state index >= 15 is 0 Å². The molecule has 1 aliphatic rings. The van der Waals surface area contributed by atoms with E-state index in [4.69, 9.17) is 15.4 Å². The van der Waals surface area contributed by atoms with E-state index in [1.54, 1.807) is 4.57 Å². The minimum absolute atomic E-state index is 0.0116. The standard InChI is InChI=1S/C10H16ClN3O3S/c1-6(2)14-9(8-4-5-17-7(8)3)12-13-10(14)18(11,15)16/h6-8H,4-5H2,1-3H3. The third-order valence-electron chi connectivity index (χ3n) is 3.13. The molecule has 0 spiro atoms. The Bertz CT molecular complexity index is 541. The summed E-state index contributed by atoms with van der Waals surface area (Å²) in [5.74, 6) is 0.696. The molecular weight excluding hydrogens is 278 g/mol. The van der Waals surface area contributed by atoms with E-state index in [9.17, 15) is 8.42 Å². The van der Waals surface area contributed by atoms with Crippen LogP contribution < -0.4 is 0 Å². The minimum Gasteiger partial charge on any atom is -0.378 e. The maximum atomic E-state index is 11.5. The molecule has 0 bridgehead atoms. The summed E-state index contributed by atoms with van der Waals surface area (Å²) in [5.41, 5.74) is 0. The highest BCUT2D eigenvalue weighted by atomic mass is 35.7. The van der Waals surface area contributed by atoms with E-state index in [2.05, 4.69) is 10.2 Å². The largest absolute Gasteiger partial charge is 0.378 e. The maximum absolute atomic E-state index is 11.5. The molecule has 0 aliphatic carbocycles. The second-order valence-electron chi connectivity index (χ2n) is 4.71. The summed E-state index contributed by atoms with van der Waals surface area (Å²) >= 11 is 0. The van der Waals surface area contributed by atoms with Gasteiger partial charge in [0.1, 0.15) is 5.82 Å². The summed E-state index contributed by atoms with van der Waals surface area (Å²) in [6.45, 7) is 6.35. The lowest BCUT2D eigenvalue weighted by Crippen LogP contribution is -2.18. The molecule has 2 heterocycles. The van der Waals surface area contributed by atoms with Gasteiger partial charge in [0.15, 0.2) is 0 Å². The van der Waals surface area contributed by atoms with Crippen LogP contribution in [0.15, 0.2) is 5.16 Å². The Morgan fingerprint density at radius 2 is 2.11 bits per heavy atom. The van der Waals surface area contributed by atoms with Crippen LogP contribution in [0.3, 0.4) is 0 Å². The summed E-state index contributed by atoms with van der Waals surface area (Å²) in [6.07, 6.45) is 0.825. The Morgan fingerprint density at radius 3 is 2.56 bits per heavy atom. The van der Waals surface area contributed by atoms with Crippen LogP contribution in [0.1, 0.15) is 45.0 Å². The number of hydrogen-bond donors (Lipinski definition) is 0. The molecule has 1 aromatic heterocycles. The predicted molar refractivity (Wildman–Crippen MR) is 66.2 cm³/mol. The van der Waals surface area contributed by atoms with Crippen molar-refractivity contribution in [2.75, 3.05) is 6.61 Å². The Labute approximate surface area is 111 Å². The Kier molecular flexibility index (Phi) is 3.66. The van der Waals surface area contributed by atoms with E-state index in [1.165, 1.54) is 0 Å². The molecule has 2 unspecified atom stereocenters. The number of nitrogens with zero attached hydrogens (tertiary/aromatic N) is 3. The van der Waals surface area contributed by atoms with Crippen molar-refractivity contribution < 1.29 is 13.2 Å². The van der Waals surface area contributed by atoms with Gasteiger partial charge in [0, 0.05) is 29.2 Å². The number of rotatable bonds is 3. The van der Waals surface area contributed by atoms with Gasteiger partial charge in [-0.05, 0) is 27.2 Å². The summed E-state index contributed by atoms with van der Waals surface area (Å²) in [4.78, 5) is 0. The van der Waals surface area contributed by atoms with E-state index < -0.39 is 9.05 Å². The van der Waals surface area contributed by atoms with Crippen molar-refractivity contribution in [2.45, 2.75) is 50.4 Å². The quantitative estimate of drug-likeness (QED) is 0.793. The predicted octanol–water partition coefficient (Wildman–Crippen LogP) is 1.68. The first kappa shape index (κ1) is 13.8. The van der Waals surface area contributed by atoms with E-state index in [0.29, 0.717) is 12.4 Å². The molecule has 0 amide bonds. The molecule has 0 aromatic carbocycles. The second kappa shape index (κ2) is 4.79. The fourth-order valence-corrected chi connectivity index (χ4v) is 3.26. The summed E-state index contributed by atoms with van der Waals surface area (Å²) in [5, 5.41) is 7.54. The Morgan fingerprint density at radius 1 is 1.44 bits per heavy atom. The molecule has 1 aromatic rings. The van der Waals surface area contributed by atoms with E-state index in [0.717, 1.165) is 6.42 Å². The van der Waals surface area contributed by atoms with Gasteiger partial charge in [0.2, 0.25) is 0 Å². The maximum Gasteiger partial charge on any atom is 0.296 e. The van der Waals surface area contributed by atoms with Crippen LogP contribution in [-0.4, -0.2) is 35.9 Å². The van der Waals surface area contributed by atoms with Crippen LogP contribution in [0.4, 0.5) is 0 Å². The van der Waals surface area contributed by atoms with Gasteiger partial charge in [-0.2, -0.15) is 0 Å². The zero-order valence-corrected chi connectivity index (χ0v) is 12.1. The highest BCUT2D eigenvalue weighted by Crippen LogP contribution is 2.33. The van der Waals surface area contributed by atoms with Gasteiger partial charge in [-0.1, -0.05) is 0 Å². The van der Waals surface area contributed by atoms with Crippen molar-refractivity contribution in [2.24, 2.45) is 0 Å². The van der Waals surface area contributed by atoms with E-state index in [-0.39, 0.29) is 23.2 Å². The van der Waals surface area contributed by atoms with Crippen molar-refractivity contribution in [3.05, 3.63) is 5.82 Å². The summed E-state index contributed by atoms with van der Waals surface area (Å²) in [7, 11) is 1.50. The van der Waals surface area contributed by atoms with Crippen molar-refractivity contribution in [1.82, 2.24) is 14.8 Å². The zero-order chi connectivity index (χ0) is 13.5. The normalized spacial score (nSPS) is 24.9. The van der Waals surface area contributed by atoms with Crippen LogP contribution in [0, 0.1) is 0 Å². The first-order valence-electron chi connectivity index (χ1n) is 5.83. The van der Waals surface area contributed by atoms with Gasteiger partial charge in [0.25, 0.3) is 14.2 Å². The summed E-state index contributed by atoms with van der Waals surface area (Å²) in [6, 6.07) is -0.0775. The number of halogens is 1. The van der Waals surface area contributed by atoms with Gasteiger partial charge in [0.05, 0.1) is 6.10 Å². The Hall–Kier alpha value is -0.660. The molecule has 0 saturated carbocycles. The highest BCUT2D eigenvalue weighted by molar-refractivity contribution is 8.13. The average molecular weight is 294 g/mol. The second-order valence-corrected chi connectivity index (χ2v) is 7.17. The first-order valence-corrected chi connectivity index (χ1v) is 8.14. The third-order valence-corrected chi connectivity index (χ3v) is 4.26. The smallest absolute Gasteiger partial charge is 0.296 e. The molecule has 1 saturated heterocycles. The van der Waals surface area contributed by atoms with Crippen LogP contribution >= 0.6 is 10.7 Å².